The van der Waals surface area contributed by atoms with Gasteiger partial charge in [-0.2, -0.15) is 4.98 Å². The lowest BCUT2D eigenvalue weighted by atomic mass is 9.75. The van der Waals surface area contributed by atoms with Crippen LogP contribution in [0.15, 0.2) is 30.5 Å². The molecule has 1 aliphatic rings. The van der Waals surface area contributed by atoms with Gasteiger partial charge in [-0.15, -0.1) is 0 Å². The van der Waals surface area contributed by atoms with Crippen LogP contribution in [0.2, 0.25) is 0 Å². The highest BCUT2D eigenvalue weighted by Crippen LogP contribution is 2.35. The van der Waals surface area contributed by atoms with E-state index < -0.39 is 17.0 Å². The second kappa shape index (κ2) is 6.68. The number of aliphatic hydroxyl groups is 1. The Balaban J connectivity index is 1.83. The zero-order chi connectivity index (χ0) is 17.2. The van der Waals surface area contributed by atoms with Crippen molar-refractivity contribution in [3.8, 4) is 0 Å². The summed E-state index contributed by atoms with van der Waals surface area (Å²) in [4.78, 5) is 10.4. The number of nitrogen functional groups attached to an aromatic ring is 1. The Bertz CT molecular complexity index is 727. The molecule has 128 valence electrons. The van der Waals surface area contributed by atoms with Crippen molar-refractivity contribution in [1.82, 2.24) is 9.97 Å². The van der Waals surface area contributed by atoms with Crippen molar-refractivity contribution in [2.24, 2.45) is 5.41 Å². The van der Waals surface area contributed by atoms with Crippen molar-refractivity contribution >= 4 is 11.8 Å². The minimum absolute atomic E-state index is 0.0946. The molecule has 1 unspecified atom stereocenters. The summed E-state index contributed by atoms with van der Waals surface area (Å²) >= 11 is 0. The van der Waals surface area contributed by atoms with Crippen LogP contribution in [-0.4, -0.2) is 34.8 Å². The summed E-state index contributed by atoms with van der Waals surface area (Å²) in [6.45, 7) is 1.14. The molecule has 3 N–H and O–H groups in total. The maximum absolute atomic E-state index is 14.0. The Morgan fingerprint density at radius 3 is 2.83 bits per heavy atom. The maximum Gasteiger partial charge on any atom is 0.227 e. The molecular weight excluding hydrogens is 314 g/mol. The van der Waals surface area contributed by atoms with Crippen molar-refractivity contribution < 1.29 is 13.9 Å². The zero-order valence-electron chi connectivity index (χ0n) is 13.3. The van der Waals surface area contributed by atoms with Gasteiger partial charge in [0.05, 0.1) is 6.61 Å². The van der Waals surface area contributed by atoms with Gasteiger partial charge in [-0.3, -0.25) is 0 Å². The first-order valence-corrected chi connectivity index (χ1v) is 7.90. The second-order valence-corrected chi connectivity index (χ2v) is 6.38. The minimum atomic E-state index is -0.604. The van der Waals surface area contributed by atoms with Crippen molar-refractivity contribution in [1.29, 1.82) is 0 Å². The van der Waals surface area contributed by atoms with Crippen molar-refractivity contribution in [2.45, 2.75) is 19.3 Å². The monoisotopic (exact) mass is 334 g/mol. The Hall–Kier alpha value is -2.28. The summed E-state index contributed by atoms with van der Waals surface area (Å²) in [6.07, 6.45) is 3.49. The topological polar surface area (TPSA) is 75.3 Å². The van der Waals surface area contributed by atoms with Crippen LogP contribution in [0.3, 0.4) is 0 Å². The van der Waals surface area contributed by atoms with Crippen molar-refractivity contribution in [3.05, 3.63) is 47.7 Å². The Morgan fingerprint density at radius 1 is 1.29 bits per heavy atom. The molecule has 0 bridgehead atoms. The van der Waals surface area contributed by atoms with Crippen molar-refractivity contribution in [3.63, 3.8) is 0 Å². The molecular formula is C17H20F2N4O. The van der Waals surface area contributed by atoms with Gasteiger partial charge in [0.2, 0.25) is 5.95 Å². The van der Waals surface area contributed by atoms with Crippen LogP contribution in [0.25, 0.3) is 0 Å². The largest absolute Gasteiger partial charge is 0.396 e. The molecule has 2 heterocycles. The third-order valence-electron chi connectivity index (χ3n) is 4.52. The number of rotatable bonds is 4. The van der Waals surface area contributed by atoms with Gasteiger partial charge >= 0.3 is 0 Å². The van der Waals surface area contributed by atoms with Gasteiger partial charge in [0.25, 0.3) is 0 Å². The summed E-state index contributed by atoms with van der Waals surface area (Å²) in [5.41, 5.74) is 5.59. The number of hydrogen-bond acceptors (Lipinski definition) is 5. The number of aliphatic hydroxyl groups excluding tert-OH is 1. The highest BCUT2D eigenvalue weighted by molar-refractivity contribution is 5.38. The van der Waals surface area contributed by atoms with E-state index in [-0.39, 0.29) is 6.61 Å². The molecule has 0 amide bonds. The molecule has 1 fully saturated rings. The van der Waals surface area contributed by atoms with Crippen molar-refractivity contribution in [2.75, 3.05) is 30.3 Å². The molecule has 1 saturated heterocycles. The Kier molecular flexibility index (Phi) is 4.62. The van der Waals surface area contributed by atoms with Crippen LogP contribution in [0.4, 0.5) is 20.5 Å². The Labute approximate surface area is 139 Å². The van der Waals surface area contributed by atoms with Crippen LogP contribution in [0, 0.1) is 17.0 Å². The lowest BCUT2D eigenvalue weighted by Gasteiger charge is -2.42. The second-order valence-electron chi connectivity index (χ2n) is 6.38. The smallest absolute Gasteiger partial charge is 0.227 e. The van der Waals surface area contributed by atoms with Gasteiger partial charge in [0.1, 0.15) is 17.5 Å². The maximum atomic E-state index is 14.0. The predicted octanol–water partition coefficient (Wildman–Crippen LogP) is 2.16. The molecule has 1 aromatic carbocycles. The van der Waals surface area contributed by atoms with Crippen LogP contribution < -0.4 is 10.6 Å². The number of halogens is 2. The minimum Gasteiger partial charge on any atom is -0.396 e. The highest BCUT2D eigenvalue weighted by Gasteiger charge is 2.36. The number of piperidine rings is 1. The summed E-state index contributed by atoms with van der Waals surface area (Å²) < 4.78 is 27.1. The average molecular weight is 334 g/mol. The molecule has 0 radical (unpaired) electrons. The van der Waals surface area contributed by atoms with E-state index in [9.17, 15) is 13.9 Å². The summed E-state index contributed by atoms with van der Waals surface area (Å²) in [5, 5.41) is 9.98. The third kappa shape index (κ3) is 3.46. The molecule has 1 atom stereocenters. The number of benzene rings is 1. The predicted molar refractivity (Wildman–Crippen MR) is 87.5 cm³/mol. The van der Waals surface area contributed by atoms with E-state index in [1.54, 1.807) is 12.3 Å². The molecule has 0 aliphatic carbocycles. The Morgan fingerprint density at radius 2 is 2.12 bits per heavy atom. The van der Waals surface area contributed by atoms with Gasteiger partial charge in [0, 0.05) is 30.8 Å². The van der Waals surface area contributed by atoms with E-state index in [1.165, 1.54) is 12.1 Å². The normalized spacial score (nSPS) is 21.0. The van der Waals surface area contributed by atoms with Crippen LogP contribution in [0.1, 0.15) is 18.4 Å². The SMILES string of the molecule is Nc1ccnc(N2CCCC(CO)(Cc3ccc(F)cc3F)C2)n1. The fourth-order valence-electron chi connectivity index (χ4n) is 3.29. The zero-order valence-corrected chi connectivity index (χ0v) is 13.3. The highest BCUT2D eigenvalue weighted by atomic mass is 19.1. The molecule has 5 nitrogen and oxygen atoms in total. The molecule has 24 heavy (non-hydrogen) atoms. The van der Waals surface area contributed by atoms with Gasteiger partial charge in [-0.1, -0.05) is 6.07 Å². The van der Waals surface area contributed by atoms with E-state index in [1.807, 2.05) is 4.90 Å². The molecule has 3 rings (SSSR count). The first-order valence-electron chi connectivity index (χ1n) is 7.90. The van der Waals surface area contributed by atoms with Crippen LogP contribution >= 0.6 is 0 Å². The fourth-order valence-corrected chi connectivity index (χ4v) is 3.29. The summed E-state index contributed by atoms with van der Waals surface area (Å²) in [6, 6.07) is 5.17. The quantitative estimate of drug-likeness (QED) is 0.896. The number of nitrogens with zero attached hydrogens (tertiary/aromatic N) is 3. The van der Waals surface area contributed by atoms with Gasteiger partial charge in [-0.05, 0) is 37.0 Å². The molecule has 0 spiro atoms. The molecule has 1 aliphatic heterocycles. The molecule has 7 heteroatoms. The summed E-state index contributed by atoms with van der Waals surface area (Å²) in [7, 11) is 0. The van der Waals surface area contributed by atoms with E-state index in [2.05, 4.69) is 9.97 Å². The first kappa shape index (κ1) is 16.6. The van der Waals surface area contributed by atoms with Gasteiger partial charge in [0.15, 0.2) is 0 Å². The number of nitrogens with two attached hydrogens (primary N) is 1. The lowest BCUT2D eigenvalue weighted by molar-refractivity contribution is 0.104. The van der Waals surface area contributed by atoms with E-state index >= 15 is 0 Å². The van der Waals surface area contributed by atoms with Gasteiger partial charge in [-0.25, -0.2) is 13.8 Å². The number of hydrogen-bond donors (Lipinski definition) is 2. The first-order chi connectivity index (χ1) is 11.5. The molecule has 0 saturated carbocycles. The third-order valence-corrected chi connectivity index (χ3v) is 4.52. The summed E-state index contributed by atoms with van der Waals surface area (Å²) in [5.74, 6) is -0.301. The molecule has 1 aromatic heterocycles. The van der Waals surface area contributed by atoms with E-state index in [0.717, 1.165) is 25.5 Å². The van der Waals surface area contributed by atoms with E-state index in [0.29, 0.717) is 30.3 Å². The standard InChI is InChI=1S/C17H20F2N4O/c18-13-3-2-12(14(19)8-13)9-17(11-24)5-1-7-23(10-17)16-21-6-4-15(20)22-16/h2-4,6,8,24H,1,5,7,9-11H2,(H2,20,21,22). The van der Waals surface area contributed by atoms with E-state index in [4.69, 9.17) is 5.73 Å². The van der Waals surface area contributed by atoms with Crippen LogP contribution in [0.5, 0.6) is 0 Å². The fraction of sp³-hybridized carbons (Fsp3) is 0.412. The number of aromatic nitrogens is 2. The van der Waals surface area contributed by atoms with Gasteiger partial charge < -0.3 is 15.7 Å². The average Bonchev–Trinajstić information content (AvgIpc) is 2.58. The lowest BCUT2D eigenvalue weighted by Crippen LogP contribution is -2.47. The molecule has 2 aromatic rings. The number of anilines is 2. The van der Waals surface area contributed by atoms with Crippen LogP contribution in [-0.2, 0) is 6.42 Å².